The molecule has 0 spiro atoms. The van der Waals surface area contributed by atoms with Crippen LogP contribution in [0.2, 0.25) is 0 Å². The molecule has 0 saturated heterocycles. The third-order valence-electron chi connectivity index (χ3n) is 2.39. The van der Waals surface area contributed by atoms with Crippen molar-refractivity contribution in [3.63, 3.8) is 0 Å². The van der Waals surface area contributed by atoms with Crippen molar-refractivity contribution < 1.29 is 15.0 Å². The molecule has 1 aromatic carbocycles. The molecule has 0 aliphatic carbocycles. The molecule has 0 aliphatic rings. The van der Waals surface area contributed by atoms with Gasteiger partial charge in [-0.3, -0.25) is 9.48 Å². The van der Waals surface area contributed by atoms with E-state index in [1.54, 1.807) is 24.0 Å². The van der Waals surface area contributed by atoms with Gasteiger partial charge in [0, 0.05) is 24.9 Å². The zero-order chi connectivity index (χ0) is 13.8. The summed E-state index contributed by atoms with van der Waals surface area (Å²) in [7, 11) is 1.75. The molecule has 2 aromatic rings. The van der Waals surface area contributed by atoms with Crippen LogP contribution in [0, 0.1) is 0 Å². The first kappa shape index (κ1) is 12.6. The summed E-state index contributed by atoms with van der Waals surface area (Å²) < 4.78 is 1.59. The second kappa shape index (κ2) is 5.21. The summed E-state index contributed by atoms with van der Waals surface area (Å²) in [6, 6.07) is 5.33. The van der Waals surface area contributed by atoms with Gasteiger partial charge in [-0.05, 0) is 18.2 Å². The highest BCUT2D eigenvalue weighted by atomic mass is 16.3. The predicted molar refractivity (Wildman–Crippen MR) is 68.0 cm³/mol. The molecular formula is C12H12N4O3. The van der Waals surface area contributed by atoms with E-state index >= 15 is 0 Å². The molecule has 1 heterocycles. The van der Waals surface area contributed by atoms with Crippen LogP contribution in [0.3, 0.4) is 0 Å². The number of amides is 1. The summed E-state index contributed by atoms with van der Waals surface area (Å²) >= 11 is 0. The Kier molecular flexibility index (Phi) is 3.46. The van der Waals surface area contributed by atoms with E-state index < -0.39 is 5.91 Å². The normalized spacial score (nSPS) is 10.8. The molecule has 0 unspecified atom stereocenters. The number of rotatable bonds is 3. The molecule has 0 aliphatic heterocycles. The zero-order valence-corrected chi connectivity index (χ0v) is 10.1. The zero-order valence-electron chi connectivity index (χ0n) is 10.1. The number of aromatic nitrogens is 2. The molecule has 0 saturated carbocycles. The fourth-order valence-electron chi connectivity index (χ4n) is 1.46. The molecule has 3 N–H and O–H groups in total. The Hall–Kier alpha value is -2.83. The number of phenolic OH excluding ortho intramolecular Hbond substituents is 2. The molecule has 7 nitrogen and oxygen atoms in total. The van der Waals surface area contributed by atoms with Gasteiger partial charge in [-0.2, -0.15) is 10.2 Å². The van der Waals surface area contributed by atoms with Crippen LogP contribution < -0.4 is 5.43 Å². The van der Waals surface area contributed by atoms with Crippen LogP contribution in [-0.2, 0) is 7.05 Å². The highest BCUT2D eigenvalue weighted by Crippen LogP contribution is 2.20. The lowest BCUT2D eigenvalue weighted by molar-refractivity contribution is 0.0954. The maximum Gasteiger partial charge on any atom is 0.271 e. The molecule has 19 heavy (non-hydrogen) atoms. The fourth-order valence-corrected chi connectivity index (χ4v) is 1.46. The van der Waals surface area contributed by atoms with Crippen molar-refractivity contribution in [2.45, 2.75) is 0 Å². The molecule has 1 amide bonds. The summed E-state index contributed by atoms with van der Waals surface area (Å²) in [5.74, 6) is -0.925. The van der Waals surface area contributed by atoms with Gasteiger partial charge in [-0.25, -0.2) is 5.43 Å². The number of nitrogens with one attached hydrogen (secondary N) is 1. The SMILES string of the molecule is Cn1nccc1/C=N/NC(=O)c1cc(O)cc(O)c1. The molecule has 0 atom stereocenters. The number of aromatic hydroxyl groups is 2. The third kappa shape index (κ3) is 3.09. The van der Waals surface area contributed by atoms with E-state index in [0.29, 0.717) is 0 Å². The van der Waals surface area contributed by atoms with Gasteiger partial charge in [0.1, 0.15) is 11.5 Å². The minimum atomic E-state index is -0.537. The van der Waals surface area contributed by atoms with Crippen molar-refractivity contribution in [3.8, 4) is 11.5 Å². The first-order valence-corrected chi connectivity index (χ1v) is 5.40. The number of carbonyl (C=O) groups excluding carboxylic acids is 1. The molecular weight excluding hydrogens is 248 g/mol. The minimum Gasteiger partial charge on any atom is -0.508 e. The fraction of sp³-hybridized carbons (Fsp3) is 0.0833. The number of hydrazone groups is 1. The van der Waals surface area contributed by atoms with Crippen LogP contribution in [0.1, 0.15) is 16.1 Å². The van der Waals surface area contributed by atoms with Gasteiger partial charge in [-0.15, -0.1) is 0 Å². The maximum absolute atomic E-state index is 11.7. The van der Waals surface area contributed by atoms with Crippen LogP contribution in [0.25, 0.3) is 0 Å². The number of carbonyl (C=O) groups is 1. The Morgan fingerprint density at radius 2 is 2.05 bits per heavy atom. The molecule has 2 rings (SSSR count). The van der Waals surface area contributed by atoms with Crippen LogP contribution in [0.15, 0.2) is 35.6 Å². The van der Waals surface area contributed by atoms with E-state index in [9.17, 15) is 15.0 Å². The molecule has 0 bridgehead atoms. The maximum atomic E-state index is 11.7. The summed E-state index contributed by atoms with van der Waals surface area (Å²) in [6.07, 6.45) is 3.05. The highest BCUT2D eigenvalue weighted by Gasteiger charge is 2.07. The van der Waals surface area contributed by atoms with Crippen LogP contribution >= 0.6 is 0 Å². The van der Waals surface area contributed by atoms with Crippen molar-refractivity contribution in [3.05, 3.63) is 41.7 Å². The van der Waals surface area contributed by atoms with E-state index in [2.05, 4.69) is 15.6 Å². The summed E-state index contributed by atoms with van der Waals surface area (Å²) in [6.45, 7) is 0. The van der Waals surface area contributed by atoms with Crippen LogP contribution in [0.4, 0.5) is 0 Å². The van der Waals surface area contributed by atoms with Gasteiger partial charge < -0.3 is 10.2 Å². The molecule has 7 heteroatoms. The molecule has 98 valence electrons. The Labute approximate surface area is 108 Å². The average Bonchev–Trinajstić information content (AvgIpc) is 2.74. The lowest BCUT2D eigenvalue weighted by Crippen LogP contribution is -2.17. The van der Waals surface area contributed by atoms with Crippen molar-refractivity contribution in [1.82, 2.24) is 15.2 Å². The van der Waals surface area contributed by atoms with Gasteiger partial charge in [0.25, 0.3) is 5.91 Å². The third-order valence-corrected chi connectivity index (χ3v) is 2.39. The van der Waals surface area contributed by atoms with Gasteiger partial charge in [-0.1, -0.05) is 0 Å². The van der Waals surface area contributed by atoms with Gasteiger partial charge >= 0.3 is 0 Å². The summed E-state index contributed by atoms with van der Waals surface area (Å²) in [5.41, 5.74) is 3.12. The topological polar surface area (TPSA) is 99.7 Å². The van der Waals surface area contributed by atoms with Crippen molar-refractivity contribution in [1.29, 1.82) is 0 Å². The van der Waals surface area contributed by atoms with E-state index in [1.165, 1.54) is 18.3 Å². The van der Waals surface area contributed by atoms with Crippen LogP contribution in [0.5, 0.6) is 11.5 Å². The van der Waals surface area contributed by atoms with Crippen molar-refractivity contribution in [2.24, 2.45) is 12.1 Å². The highest BCUT2D eigenvalue weighted by molar-refractivity contribution is 5.95. The van der Waals surface area contributed by atoms with E-state index in [1.807, 2.05) is 0 Å². The molecule has 0 fully saturated rings. The van der Waals surface area contributed by atoms with Gasteiger partial charge in [0.2, 0.25) is 0 Å². The molecule has 1 aromatic heterocycles. The smallest absolute Gasteiger partial charge is 0.271 e. The average molecular weight is 260 g/mol. The summed E-state index contributed by atoms with van der Waals surface area (Å²) in [4.78, 5) is 11.7. The second-order valence-corrected chi connectivity index (χ2v) is 3.82. The van der Waals surface area contributed by atoms with E-state index in [4.69, 9.17) is 0 Å². The predicted octanol–water partition coefficient (Wildman–Crippen LogP) is 0.595. The first-order chi connectivity index (χ1) is 9.06. The minimum absolute atomic E-state index is 0.111. The monoisotopic (exact) mass is 260 g/mol. The lowest BCUT2D eigenvalue weighted by Gasteiger charge is -2.02. The van der Waals surface area contributed by atoms with Gasteiger partial charge in [0.15, 0.2) is 0 Å². The number of hydrogen-bond donors (Lipinski definition) is 3. The number of nitrogens with zero attached hydrogens (tertiary/aromatic N) is 3. The number of phenols is 2. The Balaban J connectivity index is 2.05. The van der Waals surface area contributed by atoms with E-state index in [-0.39, 0.29) is 17.1 Å². The Morgan fingerprint density at radius 1 is 1.37 bits per heavy atom. The summed E-state index contributed by atoms with van der Waals surface area (Å²) in [5, 5.41) is 26.2. The first-order valence-electron chi connectivity index (χ1n) is 5.40. The molecule has 0 radical (unpaired) electrons. The van der Waals surface area contributed by atoms with Crippen LogP contribution in [-0.4, -0.2) is 32.1 Å². The lowest BCUT2D eigenvalue weighted by atomic mass is 10.2. The Morgan fingerprint density at radius 3 is 2.63 bits per heavy atom. The van der Waals surface area contributed by atoms with Crippen molar-refractivity contribution >= 4 is 12.1 Å². The van der Waals surface area contributed by atoms with E-state index in [0.717, 1.165) is 11.8 Å². The largest absolute Gasteiger partial charge is 0.508 e. The Bertz CT molecular complexity index is 613. The standard InChI is InChI=1S/C12H12N4O3/c1-16-9(2-3-14-16)7-13-15-12(19)8-4-10(17)6-11(18)5-8/h2-7,17-18H,1H3,(H,15,19)/b13-7+. The second-order valence-electron chi connectivity index (χ2n) is 3.82. The number of aryl methyl sites for hydroxylation is 1. The van der Waals surface area contributed by atoms with Gasteiger partial charge in [0.05, 0.1) is 11.9 Å². The number of benzene rings is 1. The quantitative estimate of drug-likeness (QED) is 0.555. The number of hydrogen-bond acceptors (Lipinski definition) is 5. The van der Waals surface area contributed by atoms with Crippen molar-refractivity contribution in [2.75, 3.05) is 0 Å².